The molecule has 1 aromatic carbocycles. The summed E-state index contributed by atoms with van der Waals surface area (Å²) in [5, 5.41) is 2.63. The van der Waals surface area contributed by atoms with Crippen molar-refractivity contribution in [2.45, 2.75) is 25.8 Å². The Morgan fingerprint density at radius 2 is 2.11 bits per heavy atom. The zero-order chi connectivity index (χ0) is 13.5. The lowest BCUT2D eigenvalue weighted by Gasteiger charge is -2.13. The molecule has 0 bridgehead atoms. The largest absolute Gasteiger partial charge is 0.338 e. The van der Waals surface area contributed by atoms with E-state index in [1.807, 2.05) is 6.92 Å². The highest BCUT2D eigenvalue weighted by Gasteiger charge is 2.08. The third-order valence-electron chi connectivity index (χ3n) is 2.42. The Bertz CT molecular complexity index is 413. The predicted octanol–water partition coefficient (Wildman–Crippen LogP) is 2.15. The Labute approximate surface area is 104 Å². The van der Waals surface area contributed by atoms with E-state index in [-0.39, 0.29) is 6.04 Å². The quantitative estimate of drug-likeness (QED) is 0.795. The highest BCUT2D eigenvalue weighted by Crippen LogP contribution is 2.11. The van der Waals surface area contributed by atoms with Crippen LogP contribution in [-0.4, -0.2) is 19.2 Å². The average molecular weight is 258 g/mol. The Balaban J connectivity index is 2.40. The van der Waals surface area contributed by atoms with Gasteiger partial charge in [-0.25, -0.2) is 19.1 Å². The molecule has 0 aromatic heterocycles. The number of hydrogen-bond donors (Lipinski definition) is 2. The van der Waals surface area contributed by atoms with E-state index in [2.05, 4.69) is 15.6 Å². The molecule has 1 rings (SSSR count). The van der Waals surface area contributed by atoms with E-state index in [1.54, 1.807) is 0 Å². The molecule has 0 fully saturated rings. The summed E-state index contributed by atoms with van der Waals surface area (Å²) in [4.78, 5) is 15.5. The number of aryl methyl sites for hydroxylation is 1. The van der Waals surface area contributed by atoms with Gasteiger partial charge in [0.15, 0.2) is 11.6 Å². The van der Waals surface area contributed by atoms with Crippen LogP contribution in [0, 0.1) is 11.6 Å². The molecule has 0 saturated carbocycles. The van der Waals surface area contributed by atoms with Gasteiger partial charge in [0.2, 0.25) is 0 Å². The van der Waals surface area contributed by atoms with E-state index in [0.29, 0.717) is 18.4 Å². The van der Waals surface area contributed by atoms with Gasteiger partial charge >= 0.3 is 6.03 Å². The van der Waals surface area contributed by atoms with Crippen molar-refractivity contribution in [2.75, 3.05) is 7.11 Å². The van der Waals surface area contributed by atoms with E-state index in [4.69, 9.17) is 0 Å². The number of urea groups is 1. The Kier molecular flexibility index (Phi) is 5.51. The molecular formula is C12H16F2N2O2. The van der Waals surface area contributed by atoms with Crippen molar-refractivity contribution in [3.05, 3.63) is 35.4 Å². The van der Waals surface area contributed by atoms with Crippen LogP contribution in [0.25, 0.3) is 0 Å². The summed E-state index contributed by atoms with van der Waals surface area (Å²) in [7, 11) is 1.34. The summed E-state index contributed by atoms with van der Waals surface area (Å²) in [6, 6.07) is 3.25. The van der Waals surface area contributed by atoms with Gasteiger partial charge in [0.1, 0.15) is 0 Å². The molecule has 0 unspecified atom stereocenters. The highest BCUT2D eigenvalue weighted by molar-refractivity contribution is 5.72. The molecule has 0 aliphatic carbocycles. The van der Waals surface area contributed by atoms with Gasteiger partial charge in [-0.05, 0) is 37.5 Å². The standard InChI is InChI=1S/C12H16F2N2O2/c1-8(15-12(17)16-18-2)3-4-9-5-6-10(13)11(14)7-9/h5-8H,3-4H2,1-2H3,(H2,15,16,17)/t8-/m1/s1. The molecule has 0 spiro atoms. The topological polar surface area (TPSA) is 50.4 Å². The monoisotopic (exact) mass is 258 g/mol. The van der Waals surface area contributed by atoms with Gasteiger partial charge in [-0.2, -0.15) is 0 Å². The molecule has 0 aliphatic heterocycles. The summed E-state index contributed by atoms with van der Waals surface area (Å²) < 4.78 is 25.6. The minimum Gasteiger partial charge on any atom is -0.334 e. The van der Waals surface area contributed by atoms with Gasteiger partial charge in [-0.1, -0.05) is 6.07 Å². The van der Waals surface area contributed by atoms with Crippen molar-refractivity contribution in [1.82, 2.24) is 10.8 Å². The van der Waals surface area contributed by atoms with Crippen molar-refractivity contribution in [3.8, 4) is 0 Å². The molecule has 18 heavy (non-hydrogen) atoms. The number of benzene rings is 1. The first-order valence-corrected chi connectivity index (χ1v) is 5.56. The number of hydroxylamine groups is 1. The molecule has 2 N–H and O–H groups in total. The smallest absolute Gasteiger partial charge is 0.334 e. The summed E-state index contributed by atoms with van der Waals surface area (Å²) in [5.74, 6) is -1.71. The second kappa shape index (κ2) is 6.90. The highest BCUT2D eigenvalue weighted by atomic mass is 19.2. The Morgan fingerprint density at radius 1 is 1.39 bits per heavy atom. The molecule has 0 aliphatic rings. The van der Waals surface area contributed by atoms with Gasteiger partial charge < -0.3 is 5.32 Å². The first-order valence-electron chi connectivity index (χ1n) is 5.56. The van der Waals surface area contributed by atoms with Crippen molar-refractivity contribution in [1.29, 1.82) is 0 Å². The zero-order valence-electron chi connectivity index (χ0n) is 10.3. The predicted molar refractivity (Wildman–Crippen MR) is 62.8 cm³/mol. The van der Waals surface area contributed by atoms with Crippen LogP contribution in [0.4, 0.5) is 13.6 Å². The molecular weight excluding hydrogens is 242 g/mol. The fourth-order valence-electron chi connectivity index (χ4n) is 1.50. The van der Waals surface area contributed by atoms with E-state index < -0.39 is 17.7 Å². The third kappa shape index (κ3) is 4.67. The van der Waals surface area contributed by atoms with E-state index in [9.17, 15) is 13.6 Å². The van der Waals surface area contributed by atoms with Crippen LogP contribution in [0.15, 0.2) is 18.2 Å². The maximum absolute atomic E-state index is 12.9. The SMILES string of the molecule is CONC(=O)N[C@H](C)CCc1ccc(F)c(F)c1. The van der Waals surface area contributed by atoms with Crippen molar-refractivity contribution in [3.63, 3.8) is 0 Å². The number of rotatable bonds is 5. The van der Waals surface area contributed by atoms with E-state index in [1.165, 1.54) is 13.2 Å². The van der Waals surface area contributed by atoms with Crippen LogP contribution < -0.4 is 10.8 Å². The van der Waals surface area contributed by atoms with Gasteiger partial charge in [0, 0.05) is 6.04 Å². The maximum atomic E-state index is 12.9. The van der Waals surface area contributed by atoms with E-state index in [0.717, 1.165) is 12.1 Å². The summed E-state index contributed by atoms with van der Waals surface area (Å²) in [6.45, 7) is 1.81. The molecule has 0 radical (unpaired) electrons. The second-order valence-corrected chi connectivity index (χ2v) is 3.97. The second-order valence-electron chi connectivity index (χ2n) is 3.97. The molecule has 100 valence electrons. The van der Waals surface area contributed by atoms with Crippen LogP contribution in [0.1, 0.15) is 18.9 Å². The number of halogens is 2. The third-order valence-corrected chi connectivity index (χ3v) is 2.42. The summed E-state index contributed by atoms with van der Waals surface area (Å²) in [5.41, 5.74) is 2.82. The molecule has 1 atom stereocenters. The fraction of sp³-hybridized carbons (Fsp3) is 0.417. The van der Waals surface area contributed by atoms with Gasteiger partial charge in [-0.15, -0.1) is 0 Å². The van der Waals surface area contributed by atoms with Crippen LogP contribution in [0.2, 0.25) is 0 Å². The molecule has 4 nitrogen and oxygen atoms in total. The van der Waals surface area contributed by atoms with Crippen molar-refractivity contribution < 1.29 is 18.4 Å². The number of nitrogens with one attached hydrogen (secondary N) is 2. The van der Waals surface area contributed by atoms with Crippen LogP contribution in [0.3, 0.4) is 0 Å². The van der Waals surface area contributed by atoms with Crippen molar-refractivity contribution in [2.24, 2.45) is 0 Å². The van der Waals surface area contributed by atoms with Crippen molar-refractivity contribution >= 4 is 6.03 Å². The minimum atomic E-state index is -0.857. The molecule has 0 heterocycles. The fourth-order valence-corrected chi connectivity index (χ4v) is 1.50. The molecule has 1 aromatic rings. The summed E-state index contributed by atoms with van der Waals surface area (Å²) >= 11 is 0. The zero-order valence-corrected chi connectivity index (χ0v) is 10.3. The number of carbonyl (C=O) groups is 1. The van der Waals surface area contributed by atoms with E-state index >= 15 is 0 Å². The molecule has 6 heteroatoms. The van der Waals surface area contributed by atoms with Gasteiger partial charge in [0.05, 0.1) is 7.11 Å². The Hall–Kier alpha value is -1.69. The number of carbonyl (C=O) groups excluding carboxylic acids is 1. The Morgan fingerprint density at radius 3 is 2.72 bits per heavy atom. The number of amides is 2. The van der Waals surface area contributed by atoms with Gasteiger partial charge in [0.25, 0.3) is 0 Å². The summed E-state index contributed by atoms with van der Waals surface area (Å²) in [6.07, 6.45) is 1.16. The van der Waals surface area contributed by atoms with Crippen LogP contribution in [-0.2, 0) is 11.3 Å². The normalized spacial score (nSPS) is 12.0. The van der Waals surface area contributed by atoms with Crippen LogP contribution in [0.5, 0.6) is 0 Å². The van der Waals surface area contributed by atoms with Gasteiger partial charge in [-0.3, -0.25) is 4.84 Å². The lowest BCUT2D eigenvalue weighted by atomic mass is 10.1. The molecule has 2 amide bonds. The molecule has 0 saturated heterocycles. The lowest BCUT2D eigenvalue weighted by molar-refractivity contribution is 0.106. The maximum Gasteiger partial charge on any atom is 0.338 e. The minimum absolute atomic E-state index is 0.103. The lowest BCUT2D eigenvalue weighted by Crippen LogP contribution is -2.40. The first-order chi connectivity index (χ1) is 8.52. The average Bonchev–Trinajstić information content (AvgIpc) is 2.31. The first kappa shape index (κ1) is 14.4. The van der Waals surface area contributed by atoms with Crippen LogP contribution >= 0.6 is 0 Å². The number of hydrogen-bond acceptors (Lipinski definition) is 2.